The molecule has 5 rings (SSSR count). The third-order valence-electron chi connectivity index (χ3n) is 6.10. The minimum absolute atomic E-state index is 0.0317. The molecule has 1 saturated heterocycles. The second kappa shape index (κ2) is 7.99. The molecule has 3 heterocycles. The van der Waals surface area contributed by atoms with Crippen LogP contribution in [0.1, 0.15) is 31.2 Å². The van der Waals surface area contributed by atoms with Crippen LogP contribution in [-0.2, 0) is 13.0 Å². The molecule has 2 aromatic carbocycles. The third-order valence-corrected chi connectivity index (χ3v) is 6.10. The SMILES string of the molecule is O=c1c2cc(OCCCN3CCCC3)ccc2nc2n1CCCc1ccccc1-2. The molecule has 5 nitrogen and oxygen atoms in total. The van der Waals surface area contributed by atoms with Crippen molar-refractivity contribution in [2.45, 2.75) is 38.6 Å². The Bertz CT molecular complexity index is 1080. The number of hydrogen-bond acceptors (Lipinski definition) is 4. The van der Waals surface area contributed by atoms with E-state index in [2.05, 4.69) is 23.1 Å². The van der Waals surface area contributed by atoms with Crippen LogP contribution in [0.3, 0.4) is 0 Å². The Morgan fingerprint density at radius 3 is 2.76 bits per heavy atom. The van der Waals surface area contributed by atoms with Gasteiger partial charge < -0.3 is 9.64 Å². The number of benzene rings is 2. The first kappa shape index (κ1) is 18.4. The van der Waals surface area contributed by atoms with Gasteiger partial charge in [-0.1, -0.05) is 24.3 Å². The van der Waals surface area contributed by atoms with Gasteiger partial charge in [-0.15, -0.1) is 0 Å². The standard InChI is InChI=1S/C24H27N3O2/c28-24-21-17-19(29-16-6-14-26-12-3-4-13-26)10-11-22(21)25-23-20-9-2-1-7-18(20)8-5-15-27(23)24/h1-2,7,9-11,17H,3-6,8,12-16H2. The molecule has 2 aliphatic rings. The van der Waals surface area contributed by atoms with E-state index in [1.165, 1.54) is 31.5 Å². The van der Waals surface area contributed by atoms with E-state index >= 15 is 0 Å². The molecule has 0 aliphatic carbocycles. The summed E-state index contributed by atoms with van der Waals surface area (Å²) in [6.07, 6.45) is 5.56. The Morgan fingerprint density at radius 2 is 1.86 bits per heavy atom. The molecular formula is C24H27N3O2. The lowest BCUT2D eigenvalue weighted by Crippen LogP contribution is -2.23. The van der Waals surface area contributed by atoms with E-state index in [0.29, 0.717) is 18.5 Å². The molecule has 1 fully saturated rings. The van der Waals surface area contributed by atoms with E-state index in [0.717, 1.165) is 48.5 Å². The highest BCUT2D eigenvalue weighted by molar-refractivity contribution is 5.81. The Morgan fingerprint density at radius 1 is 1.00 bits per heavy atom. The molecule has 0 radical (unpaired) electrons. The van der Waals surface area contributed by atoms with Crippen molar-refractivity contribution in [3.8, 4) is 17.1 Å². The van der Waals surface area contributed by atoms with Gasteiger partial charge in [-0.2, -0.15) is 0 Å². The zero-order chi connectivity index (χ0) is 19.6. The first-order chi connectivity index (χ1) is 14.3. The van der Waals surface area contributed by atoms with Crippen molar-refractivity contribution < 1.29 is 4.74 Å². The van der Waals surface area contributed by atoms with Gasteiger partial charge in [0.2, 0.25) is 0 Å². The largest absolute Gasteiger partial charge is 0.494 e. The lowest BCUT2D eigenvalue weighted by Gasteiger charge is -2.15. The number of aryl methyl sites for hydroxylation is 1. The number of likely N-dealkylation sites (tertiary alicyclic amines) is 1. The summed E-state index contributed by atoms with van der Waals surface area (Å²) in [6, 6.07) is 14.0. The van der Waals surface area contributed by atoms with Gasteiger partial charge >= 0.3 is 0 Å². The summed E-state index contributed by atoms with van der Waals surface area (Å²) < 4.78 is 7.79. The average Bonchev–Trinajstić information content (AvgIpc) is 3.20. The summed E-state index contributed by atoms with van der Waals surface area (Å²) in [6.45, 7) is 4.89. The van der Waals surface area contributed by atoms with Crippen LogP contribution in [0.2, 0.25) is 0 Å². The lowest BCUT2D eigenvalue weighted by atomic mass is 10.0. The summed E-state index contributed by atoms with van der Waals surface area (Å²) in [5.41, 5.74) is 3.11. The maximum atomic E-state index is 13.3. The van der Waals surface area contributed by atoms with Gasteiger partial charge in [0.15, 0.2) is 0 Å². The monoisotopic (exact) mass is 389 g/mol. The summed E-state index contributed by atoms with van der Waals surface area (Å²) in [5, 5.41) is 0.644. The predicted octanol–water partition coefficient (Wildman–Crippen LogP) is 3.87. The van der Waals surface area contributed by atoms with Crippen molar-refractivity contribution in [3.63, 3.8) is 0 Å². The molecule has 0 bridgehead atoms. The maximum absolute atomic E-state index is 13.3. The van der Waals surface area contributed by atoms with Crippen LogP contribution >= 0.6 is 0 Å². The summed E-state index contributed by atoms with van der Waals surface area (Å²) in [4.78, 5) is 20.6. The number of nitrogens with zero attached hydrogens (tertiary/aromatic N) is 3. The molecule has 0 amide bonds. The number of fused-ring (bicyclic) bond motifs is 4. The molecule has 1 aromatic heterocycles. The fourth-order valence-corrected chi connectivity index (χ4v) is 4.57. The van der Waals surface area contributed by atoms with Gasteiger partial charge in [-0.25, -0.2) is 4.98 Å². The third kappa shape index (κ3) is 3.67. The van der Waals surface area contributed by atoms with Crippen LogP contribution < -0.4 is 10.3 Å². The molecule has 150 valence electrons. The van der Waals surface area contributed by atoms with Crippen LogP contribution in [0.4, 0.5) is 0 Å². The minimum Gasteiger partial charge on any atom is -0.494 e. The Balaban J connectivity index is 1.41. The smallest absolute Gasteiger partial charge is 0.261 e. The molecule has 0 saturated carbocycles. The Hall–Kier alpha value is -2.66. The van der Waals surface area contributed by atoms with Crippen LogP contribution in [-0.4, -0.2) is 40.7 Å². The van der Waals surface area contributed by atoms with E-state index in [1.807, 2.05) is 28.8 Å². The van der Waals surface area contributed by atoms with E-state index in [-0.39, 0.29) is 5.56 Å². The van der Waals surface area contributed by atoms with E-state index in [9.17, 15) is 4.79 Å². The summed E-state index contributed by atoms with van der Waals surface area (Å²) >= 11 is 0. The molecule has 3 aromatic rings. The predicted molar refractivity (Wildman–Crippen MR) is 116 cm³/mol. The number of aromatic nitrogens is 2. The van der Waals surface area contributed by atoms with E-state index < -0.39 is 0 Å². The average molecular weight is 389 g/mol. The number of ether oxygens (including phenoxy) is 1. The Kier molecular flexibility index (Phi) is 5.06. The van der Waals surface area contributed by atoms with Gasteiger partial charge in [-0.05, 0) is 69.0 Å². The molecular weight excluding hydrogens is 362 g/mol. The van der Waals surface area contributed by atoms with Crippen molar-refractivity contribution >= 4 is 10.9 Å². The highest BCUT2D eigenvalue weighted by atomic mass is 16.5. The van der Waals surface area contributed by atoms with Crippen molar-refractivity contribution in [3.05, 3.63) is 58.4 Å². The van der Waals surface area contributed by atoms with Crippen molar-refractivity contribution in [2.24, 2.45) is 0 Å². The van der Waals surface area contributed by atoms with E-state index in [4.69, 9.17) is 9.72 Å². The van der Waals surface area contributed by atoms with Crippen molar-refractivity contribution in [1.82, 2.24) is 14.5 Å². The number of hydrogen-bond donors (Lipinski definition) is 0. The van der Waals surface area contributed by atoms with Gasteiger partial charge in [0.25, 0.3) is 5.56 Å². The van der Waals surface area contributed by atoms with Gasteiger partial charge in [0.1, 0.15) is 11.6 Å². The highest BCUT2D eigenvalue weighted by Crippen LogP contribution is 2.28. The second-order valence-corrected chi connectivity index (χ2v) is 8.08. The summed E-state index contributed by atoms with van der Waals surface area (Å²) in [5.74, 6) is 1.54. The second-order valence-electron chi connectivity index (χ2n) is 8.08. The first-order valence-electron chi connectivity index (χ1n) is 10.8. The van der Waals surface area contributed by atoms with E-state index in [1.54, 1.807) is 0 Å². The highest BCUT2D eigenvalue weighted by Gasteiger charge is 2.18. The van der Waals surface area contributed by atoms with Gasteiger partial charge in [0.05, 0.1) is 17.5 Å². The molecule has 0 unspecified atom stereocenters. The summed E-state index contributed by atoms with van der Waals surface area (Å²) in [7, 11) is 0. The lowest BCUT2D eigenvalue weighted by molar-refractivity contribution is 0.263. The minimum atomic E-state index is 0.0317. The molecule has 0 N–H and O–H groups in total. The van der Waals surface area contributed by atoms with Crippen molar-refractivity contribution in [2.75, 3.05) is 26.2 Å². The van der Waals surface area contributed by atoms with Crippen molar-refractivity contribution in [1.29, 1.82) is 0 Å². The normalized spacial score (nSPS) is 16.4. The first-order valence-corrected chi connectivity index (χ1v) is 10.8. The van der Waals surface area contributed by atoms with Crippen LogP contribution in [0.5, 0.6) is 5.75 Å². The molecule has 0 spiro atoms. The van der Waals surface area contributed by atoms with Crippen LogP contribution in [0.25, 0.3) is 22.3 Å². The van der Waals surface area contributed by atoms with Crippen LogP contribution in [0, 0.1) is 0 Å². The van der Waals surface area contributed by atoms with Crippen LogP contribution in [0.15, 0.2) is 47.3 Å². The van der Waals surface area contributed by atoms with Gasteiger partial charge in [0, 0.05) is 18.7 Å². The Labute approximate surface area is 170 Å². The quantitative estimate of drug-likeness (QED) is 0.622. The topological polar surface area (TPSA) is 47.4 Å². The number of rotatable bonds is 5. The zero-order valence-corrected chi connectivity index (χ0v) is 16.8. The molecule has 5 heteroatoms. The van der Waals surface area contributed by atoms with Gasteiger partial charge in [-0.3, -0.25) is 9.36 Å². The zero-order valence-electron chi connectivity index (χ0n) is 16.8. The molecule has 29 heavy (non-hydrogen) atoms. The maximum Gasteiger partial charge on any atom is 0.261 e. The fourth-order valence-electron chi connectivity index (χ4n) is 4.57. The fraction of sp³-hybridized carbons (Fsp3) is 0.417. The molecule has 0 atom stereocenters. The molecule has 2 aliphatic heterocycles.